The fourth-order valence-corrected chi connectivity index (χ4v) is 4.56. The van der Waals surface area contributed by atoms with E-state index in [9.17, 15) is 14.0 Å². The smallest absolute Gasteiger partial charge is 0.297 e. The van der Waals surface area contributed by atoms with E-state index in [1.165, 1.54) is 68.8 Å². The molecule has 4 nitrogen and oxygen atoms in total. The summed E-state index contributed by atoms with van der Waals surface area (Å²) in [5.41, 5.74) is -1.09. The number of aryl methyl sites for hydroxylation is 1. The van der Waals surface area contributed by atoms with Crippen molar-refractivity contribution in [2.75, 3.05) is 0 Å². The van der Waals surface area contributed by atoms with Gasteiger partial charge in [0.1, 0.15) is 0 Å². The second-order valence-electron chi connectivity index (χ2n) is 8.00. The molecule has 2 saturated carbocycles. The van der Waals surface area contributed by atoms with Gasteiger partial charge >= 0.3 is 5.69 Å². The van der Waals surface area contributed by atoms with E-state index in [0.717, 1.165) is 23.6 Å². The monoisotopic (exact) mass is 350 g/mol. The van der Waals surface area contributed by atoms with Crippen molar-refractivity contribution in [1.82, 2.24) is 9.13 Å². The highest BCUT2D eigenvalue weighted by Crippen LogP contribution is 2.27. The Kier molecular flexibility index (Phi) is 6.49. The molecule has 2 aliphatic rings. The van der Waals surface area contributed by atoms with Crippen LogP contribution in [0.5, 0.6) is 0 Å². The largest absolute Gasteiger partial charge is 0.331 e. The molecule has 2 fully saturated rings. The topological polar surface area (TPSA) is 44.0 Å². The van der Waals surface area contributed by atoms with Gasteiger partial charge in [0.05, 0.1) is 6.20 Å². The van der Waals surface area contributed by atoms with Crippen molar-refractivity contribution < 1.29 is 4.39 Å². The SMILES string of the molecule is O=c1c(F)cn(CCC2CCCCC2)c(=O)n1CCC1CCCCC1. The van der Waals surface area contributed by atoms with Gasteiger partial charge in [-0.15, -0.1) is 0 Å². The van der Waals surface area contributed by atoms with Gasteiger partial charge in [-0.25, -0.2) is 4.79 Å². The summed E-state index contributed by atoms with van der Waals surface area (Å²) in [5.74, 6) is 0.400. The standard InChI is InChI=1S/C20H31FN2O2/c21-18-15-22(13-11-16-7-3-1-4-8-16)20(25)23(19(18)24)14-12-17-9-5-2-6-10-17/h15-17H,1-14H2. The molecule has 1 heterocycles. The molecule has 1 aromatic heterocycles. The van der Waals surface area contributed by atoms with Gasteiger partial charge < -0.3 is 0 Å². The predicted molar refractivity (Wildman–Crippen MR) is 97.3 cm³/mol. The van der Waals surface area contributed by atoms with Crippen molar-refractivity contribution in [1.29, 1.82) is 0 Å². The first kappa shape index (κ1) is 18.4. The highest BCUT2D eigenvalue weighted by Gasteiger charge is 2.18. The summed E-state index contributed by atoms with van der Waals surface area (Å²) in [6.07, 6.45) is 15.1. The Balaban J connectivity index is 1.67. The quantitative estimate of drug-likeness (QED) is 0.775. The van der Waals surface area contributed by atoms with Crippen LogP contribution in [0.1, 0.15) is 77.0 Å². The first-order valence-corrected chi connectivity index (χ1v) is 10.1. The number of hydrogen-bond acceptors (Lipinski definition) is 2. The third kappa shape index (κ3) is 4.83. The zero-order chi connectivity index (χ0) is 17.6. The van der Waals surface area contributed by atoms with Crippen molar-refractivity contribution >= 4 is 0 Å². The van der Waals surface area contributed by atoms with Gasteiger partial charge in [-0.3, -0.25) is 13.9 Å². The van der Waals surface area contributed by atoms with Crippen molar-refractivity contribution in [3.63, 3.8) is 0 Å². The molecule has 0 saturated heterocycles. The number of hydrogen-bond donors (Lipinski definition) is 0. The normalized spacial score (nSPS) is 20.0. The van der Waals surface area contributed by atoms with E-state index in [2.05, 4.69) is 0 Å². The van der Waals surface area contributed by atoms with E-state index >= 15 is 0 Å². The van der Waals surface area contributed by atoms with E-state index in [1.807, 2.05) is 0 Å². The number of rotatable bonds is 6. The third-order valence-corrected chi connectivity index (χ3v) is 6.18. The van der Waals surface area contributed by atoms with Crippen LogP contribution in [0.3, 0.4) is 0 Å². The lowest BCUT2D eigenvalue weighted by Crippen LogP contribution is -2.41. The van der Waals surface area contributed by atoms with Crippen LogP contribution in [-0.2, 0) is 13.1 Å². The Hall–Kier alpha value is -1.39. The fraction of sp³-hybridized carbons (Fsp3) is 0.800. The average Bonchev–Trinajstić information content (AvgIpc) is 2.65. The Morgan fingerprint density at radius 3 is 1.92 bits per heavy atom. The van der Waals surface area contributed by atoms with E-state index in [-0.39, 0.29) is 5.69 Å². The van der Waals surface area contributed by atoms with E-state index in [1.54, 1.807) is 0 Å². The minimum atomic E-state index is -0.799. The van der Waals surface area contributed by atoms with E-state index < -0.39 is 11.4 Å². The second kappa shape index (κ2) is 8.81. The van der Waals surface area contributed by atoms with Crippen LogP contribution < -0.4 is 11.2 Å². The van der Waals surface area contributed by atoms with Gasteiger partial charge in [-0.2, -0.15) is 4.39 Å². The summed E-state index contributed by atoms with van der Waals surface area (Å²) in [6, 6.07) is 0. The van der Waals surface area contributed by atoms with Gasteiger partial charge in [-0.1, -0.05) is 64.2 Å². The molecule has 140 valence electrons. The molecule has 0 atom stereocenters. The zero-order valence-corrected chi connectivity index (χ0v) is 15.2. The number of aromatic nitrogens is 2. The summed E-state index contributed by atoms with van der Waals surface area (Å²) in [4.78, 5) is 24.7. The summed E-state index contributed by atoms with van der Waals surface area (Å²) >= 11 is 0. The molecule has 1 aromatic rings. The molecule has 5 heteroatoms. The maximum absolute atomic E-state index is 14.1. The van der Waals surface area contributed by atoms with Crippen molar-refractivity contribution in [3.8, 4) is 0 Å². The highest BCUT2D eigenvalue weighted by molar-refractivity contribution is 4.91. The lowest BCUT2D eigenvalue weighted by molar-refractivity contribution is 0.307. The van der Waals surface area contributed by atoms with Gasteiger partial charge in [-0.05, 0) is 24.7 Å². The molecule has 0 N–H and O–H groups in total. The second-order valence-corrected chi connectivity index (χ2v) is 8.00. The highest BCUT2D eigenvalue weighted by atomic mass is 19.1. The summed E-state index contributed by atoms with van der Waals surface area (Å²) in [6.45, 7) is 0.869. The summed E-state index contributed by atoms with van der Waals surface area (Å²) < 4.78 is 16.6. The molecule has 25 heavy (non-hydrogen) atoms. The Labute approximate surface area is 149 Å². The number of nitrogens with zero attached hydrogens (tertiary/aromatic N) is 2. The molecule has 0 spiro atoms. The molecule has 0 amide bonds. The minimum absolute atomic E-state index is 0.335. The first-order valence-electron chi connectivity index (χ1n) is 10.1. The van der Waals surface area contributed by atoms with Crippen LogP contribution in [0.4, 0.5) is 4.39 Å². The summed E-state index contributed by atoms with van der Waals surface area (Å²) in [7, 11) is 0. The van der Waals surface area contributed by atoms with Gasteiger partial charge in [0.25, 0.3) is 5.56 Å². The lowest BCUT2D eigenvalue weighted by atomic mass is 9.87. The maximum atomic E-state index is 14.1. The van der Waals surface area contributed by atoms with Crippen molar-refractivity contribution in [2.24, 2.45) is 11.8 Å². The predicted octanol–water partition coefficient (Wildman–Crippen LogP) is 4.09. The molecule has 0 bridgehead atoms. The molecule has 2 aliphatic carbocycles. The van der Waals surface area contributed by atoms with Crippen molar-refractivity contribution in [3.05, 3.63) is 32.9 Å². The van der Waals surface area contributed by atoms with E-state index in [0.29, 0.717) is 24.9 Å². The Morgan fingerprint density at radius 2 is 1.36 bits per heavy atom. The fourth-order valence-electron chi connectivity index (χ4n) is 4.56. The molecular weight excluding hydrogens is 319 g/mol. The lowest BCUT2D eigenvalue weighted by Gasteiger charge is -2.22. The van der Waals surface area contributed by atoms with Crippen LogP contribution in [0.2, 0.25) is 0 Å². The maximum Gasteiger partial charge on any atom is 0.331 e. The van der Waals surface area contributed by atoms with Gasteiger partial charge in [0.15, 0.2) is 0 Å². The third-order valence-electron chi connectivity index (χ3n) is 6.18. The first-order chi connectivity index (χ1) is 12.1. The average molecular weight is 350 g/mol. The molecule has 3 rings (SSSR count). The molecule has 0 aliphatic heterocycles. The molecule has 0 aromatic carbocycles. The van der Waals surface area contributed by atoms with Gasteiger partial charge in [0.2, 0.25) is 5.82 Å². The van der Waals surface area contributed by atoms with Crippen molar-refractivity contribution in [2.45, 2.75) is 90.1 Å². The minimum Gasteiger partial charge on any atom is -0.297 e. The van der Waals surface area contributed by atoms with Crippen LogP contribution in [0.25, 0.3) is 0 Å². The Morgan fingerprint density at radius 1 is 0.840 bits per heavy atom. The number of halogens is 1. The zero-order valence-electron chi connectivity index (χ0n) is 15.2. The Bertz CT molecular complexity index is 667. The van der Waals surface area contributed by atoms with Gasteiger partial charge in [0, 0.05) is 13.1 Å². The molecular formula is C20H31FN2O2. The van der Waals surface area contributed by atoms with Crippen LogP contribution in [0, 0.1) is 17.7 Å². The summed E-state index contributed by atoms with van der Waals surface area (Å²) in [5, 5.41) is 0. The molecule has 0 radical (unpaired) electrons. The van der Waals surface area contributed by atoms with Crippen LogP contribution in [0.15, 0.2) is 15.8 Å². The molecule has 0 unspecified atom stereocenters. The van der Waals surface area contributed by atoms with Crippen LogP contribution >= 0.6 is 0 Å². The van der Waals surface area contributed by atoms with Crippen LogP contribution in [-0.4, -0.2) is 9.13 Å². The van der Waals surface area contributed by atoms with E-state index in [4.69, 9.17) is 0 Å².